The minimum absolute atomic E-state index is 0.00406. The van der Waals surface area contributed by atoms with E-state index in [4.69, 9.17) is 11.6 Å². The molecule has 7 nitrogen and oxygen atoms in total. The van der Waals surface area contributed by atoms with Crippen LogP contribution >= 0.6 is 11.6 Å². The summed E-state index contributed by atoms with van der Waals surface area (Å²) in [7, 11) is -4.12. The van der Waals surface area contributed by atoms with Crippen molar-refractivity contribution in [1.29, 1.82) is 0 Å². The average molecular weight is 542 g/mol. The Morgan fingerprint density at radius 1 is 0.919 bits per heavy atom. The topological polar surface area (TPSA) is 86.8 Å². The molecule has 0 aliphatic carbocycles. The van der Waals surface area contributed by atoms with E-state index in [1.807, 2.05) is 45.0 Å². The van der Waals surface area contributed by atoms with E-state index in [9.17, 15) is 18.0 Å². The summed E-state index contributed by atoms with van der Waals surface area (Å²) in [6, 6.07) is 20.9. The molecule has 1 N–H and O–H groups in total. The van der Waals surface area contributed by atoms with E-state index < -0.39 is 28.5 Å². The summed E-state index contributed by atoms with van der Waals surface area (Å²) < 4.78 is 28.4. The average Bonchev–Trinajstić information content (AvgIpc) is 2.85. The van der Waals surface area contributed by atoms with Crippen LogP contribution in [-0.4, -0.2) is 43.8 Å². The molecule has 196 valence electrons. The molecule has 0 spiro atoms. The van der Waals surface area contributed by atoms with Crippen LogP contribution in [0.15, 0.2) is 83.8 Å². The van der Waals surface area contributed by atoms with Gasteiger partial charge in [-0.2, -0.15) is 0 Å². The third-order valence-electron chi connectivity index (χ3n) is 5.76. The molecule has 3 aromatic carbocycles. The molecule has 9 heteroatoms. The van der Waals surface area contributed by atoms with Gasteiger partial charge in [-0.05, 0) is 69.7 Å². The van der Waals surface area contributed by atoms with Crippen molar-refractivity contribution in [2.75, 3.05) is 10.8 Å². The summed E-state index contributed by atoms with van der Waals surface area (Å²) in [5, 5.41) is 3.24. The van der Waals surface area contributed by atoms with Crippen LogP contribution in [0.5, 0.6) is 0 Å². The summed E-state index contributed by atoms with van der Waals surface area (Å²) in [6.45, 7) is 6.93. The smallest absolute Gasteiger partial charge is 0.264 e. The van der Waals surface area contributed by atoms with Gasteiger partial charge in [-0.3, -0.25) is 13.9 Å². The number of carbonyl (C=O) groups excluding carboxylic acids is 2. The van der Waals surface area contributed by atoms with E-state index in [1.165, 1.54) is 29.2 Å². The summed E-state index contributed by atoms with van der Waals surface area (Å²) >= 11 is 5.97. The van der Waals surface area contributed by atoms with Gasteiger partial charge >= 0.3 is 0 Å². The highest BCUT2D eigenvalue weighted by Crippen LogP contribution is 2.25. The zero-order chi connectivity index (χ0) is 27.2. The predicted molar refractivity (Wildman–Crippen MR) is 147 cm³/mol. The van der Waals surface area contributed by atoms with Crippen LogP contribution in [0.2, 0.25) is 5.02 Å². The number of anilines is 1. The Morgan fingerprint density at radius 3 is 2.16 bits per heavy atom. The summed E-state index contributed by atoms with van der Waals surface area (Å²) in [5.74, 6) is -0.822. The Balaban J connectivity index is 2.00. The van der Waals surface area contributed by atoms with Gasteiger partial charge in [0.2, 0.25) is 11.8 Å². The maximum atomic E-state index is 13.8. The fourth-order valence-corrected chi connectivity index (χ4v) is 5.39. The van der Waals surface area contributed by atoms with E-state index >= 15 is 0 Å². The van der Waals surface area contributed by atoms with Crippen molar-refractivity contribution >= 4 is 39.1 Å². The number of sulfonamides is 1. The Kier molecular flexibility index (Phi) is 9.34. The van der Waals surface area contributed by atoms with Crippen molar-refractivity contribution in [2.24, 2.45) is 0 Å². The molecule has 0 heterocycles. The second kappa shape index (κ2) is 12.3. The zero-order valence-corrected chi connectivity index (χ0v) is 23.0. The number of nitrogens with one attached hydrogen (secondary N) is 1. The molecule has 3 rings (SSSR count). The molecule has 0 saturated carbocycles. The lowest BCUT2D eigenvalue weighted by Gasteiger charge is -2.32. The number of amides is 2. The first kappa shape index (κ1) is 28.2. The molecular weight excluding hydrogens is 510 g/mol. The number of halogens is 1. The first-order chi connectivity index (χ1) is 17.5. The van der Waals surface area contributed by atoms with Crippen molar-refractivity contribution < 1.29 is 18.0 Å². The van der Waals surface area contributed by atoms with Gasteiger partial charge in [-0.1, -0.05) is 59.6 Å². The first-order valence-corrected chi connectivity index (χ1v) is 13.8. The molecule has 1 atom stereocenters. The maximum absolute atomic E-state index is 13.8. The fraction of sp³-hybridized carbons (Fsp3) is 0.286. The van der Waals surface area contributed by atoms with E-state index in [0.29, 0.717) is 10.7 Å². The predicted octanol–water partition coefficient (Wildman–Crippen LogP) is 4.79. The number of rotatable bonds is 10. The minimum atomic E-state index is -4.12. The minimum Gasteiger partial charge on any atom is -0.352 e. The Hall–Kier alpha value is -3.36. The summed E-state index contributed by atoms with van der Waals surface area (Å²) in [6.07, 6.45) is 0. The molecular formula is C28H32ClN3O4S. The van der Waals surface area contributed by atoms with Crippen LogP contribution in [-0.2, 0) is 26.2 Å². The van der Waals surface area contributed by atoms with Gasteiger partial charge in [0, 0.05) is 17.6 Å². The monoisotopic (exact) mass is 541 g/mol. The van der Waals surface area contributed by atoms with E-state index in [1.54, 1.807) is 37.3 Å². The maximum Gasteiger partial charge on any atom is 0.264 e. The third kappa shape index (κ3) is 7.33. The second-order valence-electron chi connectivity index (χ2n) is 9.15. The normalized spacial score (nSPS) is 12.2. The van der Waals surface area contributed by atoms with Gasteiger partial charge in [0.15, 0.2) is 0 Å². The van der Waals surface area contributed by atoms with Gasteiger partial charge in [0.1, 0.15) is 12.6 Å². The molecule has 2 amide bonds. The quantitative estimate of drug-likeness (QED) is 0.400. The third-order valence-corrected chi connectivity index (χ3v) is 7.80. The number of carbonyl (C=O) groups is 2. The number of hydrogen-bond donors (Lipinski definition) is 1. The van der Waals surface area contributed by atoms with Crippen LogP contribution in [0.3, 0.4) is 0 Å². The van der Waals surface area contributed by atoms with Gasteiger partial charge in [0.25, 0.3) is 10.0 Å². The molecule has 37 heavy (non-hydrogen) atoms. The van der Waals surface area contributed by atoms with Crippen LogP contribution in [0.25, 0.3) is 0 Å². The lowest BCUT2D eigenvalue weighted by Crippen LogP contribution is -2.52. The van der Waals surface area contributed by atoms with Crippen LogP contribution in [0.1, 0.15) is 31.9 Å². The highest BCUT2D eigenvalue weighted by molar-refractivity contribution is 7.92. The second-order valence-corrected chi connectivity index (χ2v) is 11.4. The van der Waals surface area contributed by atoms with Gasteiger partial charge in [0.05, 0.1) is 10.6 Å². The lowest BCUT2D eigenvalue weighted by atomic mass is 10.1. The number of benzene rings is 3. The zero-order valence-electron chi connectivity index (χ0n) is 21.4. The van der Waals surface area contributed by atoms with E-state index in [2.05, 4.69) is 5.32 Å². The number of para-hydroxylation sites is 1. The number of aryl methyl sites for hydroxylation is 1. The molecule has 0 aliphatic rings. The SMILES string of the molecule is Cc1cccc(CN(C(=O)CN(c2ccccc2)S(=O)(=O)c2ccc(Cl)cc2)[C@H](C)C(=O)NC(C)C)c1. The molecule has 0 fully saturated rings. The summed E-state index contributed by atoms with van der Waals surface area (Å²) in [4.78, 5) is 28.1. The molecule has 0 radical (unpaired) electrons. The Labute approximate surface area is 224 Å². The van der Waals surface area contributed by atoms with Gasteiger partial charge in [-0.25, -0.2) is 8.42 Å². The van der Waals surface area contributed by atoms with Crippen molar-refractivity contribution in [1.82, 2.24) is 10.2 Å². The molecule has 0 bridgehead atoms. The lowest BCUT2D eigenvalue weighted by molar-refractivity contribution is -0.139. The van der Waals surface area contributed by atoms with Gasteiger partial charge < -0.3 is 10.2 Å². The van der Waals surface area contributed by atoms with Crippen molar-refractivity contribution in [3.63, 3.8) is 0 Å². The van der Waals surface area contributed by atoms with Crippen LogP contribution < -0.4 is 9.62 Å². The Bertz CT molecular complexity index is 1330. The fourth-order valence-electron chi connectivity index (χ4n) is 3.85. The molecule has 0 saturated heterocycles. The summed E-state index contributed by atoms with van der Waals surface area (Å²) in [5.41, 5.74) is 2.19. The first-order valence-electron chi connectivity index (χ1n) is 12.0. The molecule has 0 unspecified atom stereocenters. The van der Waals surface area contributed by atoms with E-state index in [0.717, 1.165) is 15.4 Å². The largest absolute Gasteiger partial charge is 0.352 e. The van der Waals surface area contributed by atoms with Crippen molar-refractivity contribution in [3.8, 4) is 0 Å². The highest BCUT2D eigenvalue weighted by Gasteiger charge is 2.32. The highest BCUT2D eigenvalue weighted by atomic mass is 35.5. The Morgan fingerprint density at radius 2 is 1.57 bits per heavy atom. The van der Waals surface area contributed by atoms with Crippen molar-refractivity contribution in [3.05, 3.63) is 95.0 Å². The standard InChI is InChI=1S/C28H32ClN3O4S/c1-20(2)30-28(34)22(4)31(18-23-10-8-9-21(3)17-23)27(33)19-32(25-11-6-5-7-12-25)37(35,36)26-15-13-24(29)14-16-26/h5-17,20,22H,18-19H2,1-4H3,(H,30,34)/t22-/m1/s1. The number of nitrogens with zero attached hydrogens (tertiary/aromatic N) is 2. The van der Waals surface area contributed by atoms with E-state index in [-0.39, 0.29) is 23.4 Å². The molecule has 0 aliphatic heterocycles. The van der Waals surface area contributed by atoms with Crippen LogP contribution in [0.4, 0.5) is 5.69 Å². The van der Waals surface area contributed by atoms with Gasteiger partial charge in [-0.15, -0.1) is 0 Å². The number of hydrogen-bond acceptors (Lipinski definition) is 4. The van der Waals surface area contributed by atoms with Crippen LogP contribution in [0, 0.1) is 6.92 Å². The molecule has 0 aromatic heterocycles. The van der Waals surface area contributed by atoms with Crippen molar-refractivity contribution in [2.45, 2.75) is 51.2 Å². The molecule has 3 aromatic rings.